The van der Waals surface area contributed by atoms with E-state index in [1.165, 1.54) is 0 Å². The first-order chi connectivity index (χ1) is 14.8. The number of guanidine groups is 1. The molecule has 0 radical (unpaired) electrons. The number of benzene rings is 1. The molecule has 1 saturated heterocycles. The third kappa shape index (κ3) is 9.27. The molecular formula is C23H37N5O3. The van der Waals surface area contributed by atoms with Crippen LogP contribution in [0.5, 0.6) is 0 Å². The Labute approximate surface area is 185 Å². The molecule has 1 atom stereocenters. The van der Waals surface area contributed by atoms with E-state index in [-0.39, 0.29) is 11.9 Å². The summed E-state index contributed by atoms with van der Waals surface area (Å²) in [6, 6.07) is 9.43. The van der Waals surface area contributed by atoms with Crippen molar-refractivity contribution in [2.24, 2.45) is 4.99 Å². The molecule has 0 spiro atoms. The maximum atomic E-state index is 12.3. The monoisotopic (exact) mass is 431 g/mol. The molecule has 1 fully saturated rings. The van der Waals surface area contributed by atoms with Crippen LogP contribution in [0.3, 0.4) is 0 Å². The molecule has 0 saturated carbocycles. The highest BCUT2D eigenvalue weighted by molar-refractivity contribution is 5.80. The summed E-state index contributed by atoms with van der Waals surface area (Å²) in [5, 5.41) is 9.48. The fourth-order valence-corrected chi connectivity index (χ4v) is 3.31. The molecular weight excluding hydrogens is 394 g/mol. The Morgan fingerprint density at radius 3 is 2.58 bits per heavy atom. The van der Waals surface area contributed by atoms with E-state index < -0.39 is 11.7 Å². The number of likely N-dealkylation sites (tertiary alicyclic amines) is 1. The molecule has 8 heteroatoms. The quantitative estimate of drug-likeness (QED) is 0.317. The standard InChI is InChI=1S/C23H37N5O3/c1-5-24-21(25-14-10-16-28-15-9-13-20(28)29)26-17-19(18-11-7-6-8-12-18)27-22(30)31-23(2,3)4/h6-8,11-12,19H,5,9-10,13-17H2,1-4H3,(H,27,30)(H2,24,25,26). The second-order valence-corrected chi connectivity index (χ2v) is 8.59. The molecule has 2 amide bonds. The van der Waals surface area contributed by atoms with Gasteiger partial charge in [0.05, 0.1) is 12.6 Å². The van der Waals surface area contributed by atoms with Crippen LogP contribution in [0.15, 0.2) is 35.3 Å². The number of nitrogens with one attached hydrogen (secondary N) is 3. The van der Waals surface area contributed by atoms with E-state index in [1.807, 2.05) is 62.9 Å². The van der Waals surface area contributed by atoms with Gasteiger partial charge < -0.3 is 25.6 Å². The molecule has 1 aliphatic rings. The lowest BCUT2D eigenvalue weighted by molar-refractivity contribution is -0.127. The highest BCUT2D eigenvalue weighted by Crippen LogP contribution is 2.15. The number of carbonyl (C=O) groups is 2. The lowest BCUT2D eigenvalue weighted by Crippen LogP contribution is -2.40. The number of nitrogens with zero attached hydrogens (tertiary/aromatic N) is 2. The van der Waals surface area contributed by atoms with Crippen LogP contribution in [-0.4, -0.2) is 61.2 Å². The molecule has 31 heavy (non-hydrogen) atoms. The van der Waals surface area contributed by atoms with Gasteiger partial charge >= 0.3 is 6.09 Å². The SMILES string of the molecule is CCNC(=NCC(NC(=O)OC(C)(C)C)c1ccccc1)NCCCN1CCCC1=O. The Kier molecular flexibility index (Phi) is 9.62. The third-order valence-corrected chi connectivity index (χ3v) is 4.74. The van der Waals surface area contributed by atoms with Crippen LogP contribution < -0.4 is 16.0 Å². The van der Waals surface area contributed by atoms with Gasteiger partial charge in [-0.25, -0.2) is 4.79 Å². The highest BCUT2D eigenvalue weighted by atomic mass is 16.6. The van der Waals surface area contributed by atoms with Crippen molar-refractivity contribution in [1.29, 1.82) is 0 Å². The van der Waals surface area contributed by atoms with Crippen LogP contribution in [0.1, 0.15) is 58.6 Å². The summed E-state index contributed by atoms with van der Waals surface area (Å²) in [7, 11) is 0. The molecule has 172 valence electrons. The summed E-state index contributed by atoms with van der Waals surface area (Å²) in [6.45, 7) is 11.0. The Morgan fingerprint density at radius 1 is 1.23 bits per heavy atom. The van der Waals surface area contributed by atoms with E-state index in [9.17, 15) is 9.59 Å². The number of aliphatic imine (C=N–C) groups is 1. The van der Waals surface area contributed by atoms with Crippen LogP contribution in [0.4, 0.5) is 4.79 Å². The van der Waals surface area contributed by atoms with Crippen LogP contribution in [0.2, 0.25) is 0 Å². The first-order valence-electron chi connectivity index (χ1n) is 11.1. The predicted octanol–water partition coefficient (Wildman–Crippen LogP) is 2.82. The van der Waals surface area contributed by atoms with Crippen LogP contribution in [-0.2, 0) is 9.53 Å². The Morgan fingerprint density at radius 2 is 1.97 bits per heavy atom. The minimum atomic E-state index is -0.568. The maximum absolute atomic E-state index is 12.3. The van der Waals surface area contributed by atoms with E-state index in [2.05, 4.69) is 20.9 Å². The molecule has 1 aliphatic heterocycles. The van der Waals surface area contributed by atoms with Crippen molar-refractivity contribution in [2.45, 2.75) is 58.6 Å². The number of ether oxygens (including phenoxy) is 1. The van der Waals surface area contributed by atoms with E-state index >= 15 is 0 Å². The molecule has 2 rings (SSSR count). The number of amides is 2. The molecule has 8 nitrogen and oxygen atoms in total. The zero-order valence-corrected chi connectivity index (χ0v) is 19.2. The van der Waals surface area contributed by atoms with Gasteiger partial charge in [0.2, 0.25) is 5.91 Å². The van der Waals surface area contributed by atoms with Crippen molar-refractivity contribution >= 4 is 18.0 Å². The molecule has 1 unspecified atom stereocenters. The molecule has 1 aromatic rings. The highest BCUT2D eigenvalue weighted by Gasteiger charge is 2.21. The number of rotatable bonds is 9. The molecule has 3 N–H and O–H groups in total. The Balaban J connectivity index is 1.95. The van der Waals surface area contributed by atoms with Crippen molar-refractivity contribution in [2.75, 3.05) is 32.7 Å². The maximum Gasteiger partial charge on any atom is 0.408 e. The number of alkyl carbamates (subject to hydrolysis) is 1. The summed E-state index contributed by atoms with van der Waals surface area (Å²) in [5.74, 6) is 0.932. The fraction of sp³-hybridized carbons (Fsp3) is 0.609. The minimum Gasteiger partial charge on any atom is -0.444 e. The van der Waals surface area contributed by atoms with Gasteiger partial charge in [0.15, 0.2) is 5.96 Å². The van der Waals surface area contributed by atoms with Gasteiger partial charge in [-0.1, -0.05) is 30.3 Å². The van der Waals surface area contributed by atoms with Crippen molar-refractivity contribution in [3.05, 3.63) is 35.9 Å². The number of hydrogen-bond donors (Lipinski definition) is 3. The van der Waals surface area contributed by atoms with Gasteiger partial charge in [-0.3, -0.25) is 9.79 Å². The summed E-state index contributed by atoms with van der Waals surface area (Å²) < 4.78 is 5.42. The van der Waals surface area contributed by atoms with Gasteiger partial charge in [-0.05, 0) is 46.1 Å². The summed E-state index contributed by atoms with van der Waals surface area (Å²) in [4.78, 5) is 30.6. The lowest BCUT2D eigenvalue weighted by atomic mass is 10.1. The first-order valence-corrected chi connectivity index (χ1v) is 11.1. The van der Waals surface area contributed by atoms with Gasteiger partial charge in [-0.2, -0.15) is 0 Å². The zero-order valence-electron chi connectivity index (χ0n) is 19.2. The van der Waals surface area contributed by atoms with Crippen molar-refractivity contribution < 1.29 is 14.3 Å². The molecule has 0 bridgehead atoms. The van der Waals surface area contributed by atoms with Gasteiger partial charge in [-0.15, -0.1) is 0 Å². The average molecular weight is 432 g/mol. The van der Waals surface area contributed by atoms with E-state index in [0.29, 0.717) is 25.5 Å². The van der Waals surface area contributed by atoms with Crippen LogP contribution in [0, 0.1) is 0 Å². The van der Waals surface area contributed by atoms with E-state index in [1.54, 1.807) is 0 Å². The van der Waals surface area contributed by atoms with Crippen LogP contribution in [0.25, 0.3) is 0 Å². The zero-order chi connectivity index (χ0) is 22.7. The fourth-order valence-electron chi connectivity index (χ4n) is 3.31. The summed E-state index contributed by atoms with van der Waals surface area (Å²) in [5.41, 5.74) is 0.391. The van der Waals surface area contributed by atoms with E-state index in [0.717, 1.165) is 38.0 Å². The second kappa shape index (κ2) is 12.2. The van der Waals surface area contributed by atoms with E-state index in [4.69, 9.17) is 4.74 Å². The van der Waals surface area contributed by atoms with Gasteiger partial charge in [0.1, 0.15) is 5.60 Å². The van der Waals surface area contributed by atoms with Crippen molar-refractivity contribution in [1.82, 2.24) is 20.9 Å². The first kappa shape index (κ1) is 24.5. The third-order valence-electron chi connectivity index (χ3n) is 4.74. The molecule has 1 aromatic carbocycles. The molecule has 0 aliphatic carbocycles. The minimum absolute atomic E-state index is 0.250. The largest absolute Gasteiger partial charge is 0.444 e. The number of carbonyl (C=O) groups excluding carboxylic acids is 2. The smallest absolute Gasteiger partial charge is 0.408 e. The molecule has 1 heterocycles. The second-order valence-electron chi connectivity index (χ2n) is 8.59. The van der Waals surface area contributed by atoms with Crippen molar-refractivity contribution in [3.8, 4) is 0 Å². The summed E-state index contributed by atoms with van der Waals surface area (Å²) in [6.07, 6.45) is 2.02. The number of hydrogen-bond acceptors (Lipinski definition) is 4. The Hall–Kier alpha value is -2.77. The normalized spacial score (nSPS) is 15.5. The lowest BCUT2D eigenvalue weighted by Gasteiger charge is -2.23. The molecule has 0 aromatic heterocycles. The Bertz CT molecular complexity index is 730. The summed E-state index contributed by atoms with van der Waals surface area (Å²) >= 11 is 0. The van der Waals surface area contributed by atoms with Crippen molar-refractivity contribution in [3.63, 3.8) is 0 Å². The van der Waals surface area contributed by atoms with Gasteiger partial charge in [0.25, 0.3) is 0 Å². The topological polar surface area (TPSA) is 95.1 Å². The average Bonchev–Trinajstić information content (AvgIpc) is 3.12. The van der Waals surface area contributed by atoms with Crippen LogP contribution >= 0.6 is 0 Å². The van der Waals surface area contributed by atoms with Gasteiger partial charge in [0, 0.05) is 32.6 Å². The predicted molar refractivity (Wildman–Crippen MR) is 123 cm³/mol.